The minimum Gasteiger partial charge on any atom is -0.497 e. The number of rotatable bonds is 8. The van der Waals surface area contributed by atoms with E-state index in [1.807, 2.05) is 53.4 Å². The summed E-state index contributed by atoms with van der Waals surface area (Å²) in [5.74, 6) is 0.970. The molecule has 4 aromatic rings. The molecule has 9 nitrogen and oxygen atoms in total. The molecule has 1 aliphatic rings. The molecule has 0 atom stereocenters. The first-order chi connectivity index (χ1) is 19.0. The lowest BCUT2D eigenvalue weighted by molar-refractivity contribution is -0.113. The second-order valence-electron chi connectivity index (χ2n) is 8.78. The quantitative estimate of drug-likeness (QED) is 0.296. The van der Waals surface area contributed by atoms with Gasteiger partial charge in [-0.2, -0.15) is 0 Å². The Morgan fingerprint density at radius 1 is 1.00 bits per heavy atom. The number of thioether (sulfide) groups is 1. The van der Waals surface area contributed by atoms with Gasteiger partial charge in [-0.3, -0.25) is 9.59 Å². The van der Waals surface area contributed by atoms with Crippen LogP contribution in [0.1, 0.15) is 10.4 Å². The zero-order valence-electron chi connectivity index (χ0n) is 21.2. The van der Waals surface area contributed by atoms with Crippen LogP contribution in [-0.4, -0.2) is 66.0 Å². The highest BCUT2D eigenvalue weighted by molar-refractivity contribution is 7.99. The highest BCUT2D eigenvalue weighted by atomic mass is 35.5. The fourth-order valence-electron chi connectivity index (χ4n) is 4.19. The summed E-state index contributed by atoms with van der Waals surface area (Å²) in [6.07, 6.45) is 0. The van der Waals surface area contributed by atoms with Gasteiger partial charge in [-0.1, -0.05) is 35.5 Å². The first-order valence-electron chi connectivity index (χ1n) is 12.3. The van der Waals surface area contributed by atoms with Crippen LogP contribution in [-0.2, 0) is 4.79 Å². The summed E-state index contributed by atoms with van der Waals surface area (Å²) in [4.78, 5) is 29.4. The molecule has 5 rings (SSSR count). The zero-order chi connectivity index (χ0) is 27.2. The lowest BCUT2D eigenvalue weighted by atomic mass is 10.1. The molecule has 3 aromatic carbocycles. The molecule has 0 radical (unpaired) electrons. The maximum Gasteiger partial charge on any atom is 0.277 e. The van der Waals surface area contributed by atoms with Crippen molar-refractivity contribution < 1.29 is 18.7 Å². The van der Waals surface area contributed by atoms with Crippen molar-refractivity contribution in [2.75, 3.05) is 49.3 Å². The summed E-state index contributed by atoms with van der Waals surface area (Å²) in [6.45, 7) is 2.69. The van der Waals surface area contributed by atoms with E-state index in [-0.39, 0.29) is 17.6 Å². The predicted molar refractivity (Wildman–Crippen MR) is 152 cm³/mol. The Balaban J connectivity index is 1.09. The molecule has 2 amide bonds. The van der Waals surface area contributed by atoms with E-state index in [0.717, 1.165) is 36.1 Å². The standard InChI is InChI=1S/C28H26ClN5O4S/c1-37-24-7-3-5-20(17-24)27(36)34-14-12-33(13-15-34)23-10-8-22(9-11-23)30-25(35)18-39-28-32-31-26(38-28)19-4-2-6-21(29)16-19/h2-11,16-17H,12-15,18H2,1H3,(H,30,35). The number of carbonyl (C=O) groups is 2. The molecule has 0 unspecified atom stereocenters. The Labute approximate surface area is 235 Å². The van der Waals surface area contributed by atoms with Gasteiger partial charge in [0.25, 0.3) is 11.1 Å². The summed E-state index contributed by atoms with van der Waals surface area (Å²) in [5.41, 5.74) is 3.08. The molecule has 39 heavy (non-hydrogen) atoms. The van der Waals surface area contributed by atoms with Crippen molar-refractivity contribution in [2.45, 2.75) is 5.22 Å². The Kier molecular flexibility index (Phi) is 8.33. The number of aromatic nitrogens is 2. The second kappa shape index (κ2) is 12.2. The molecule has 1 saturated heterocycles. The molecule has 2 heterocycles. The number of benzene rings is 3. The van der Waals surface area contributed by atoms with Crippen molar-refractivity contribution in [3.05, 3.63) is 83.4 Å². The van der Waals surface area contributed by atoms with Crippen LogP contribution in [0.4, 0.5) is 11.4 Å². The lowest BCUT2D eigenvalue weighted by Crippen LogP contribution is -2.48. The monoisotopic (exact) mass is 563 g/mol. The predicted octanol–water partition coefficient (Wildman–Crippen LogP) is 5.09. The molecule has 0 bridgehead atoms. The Morgan fingerprint density at radius 2 is 1.77 bits per heavy atom. The van der Waals surface area contributed by atoms with Gasteiger partial charge in [0, 0.05) is 53.7 Å². The van der Waals surface area contributed by atoms with Crippen LogP contribution in [0.25, 0.3) is 11.5 Å². The van der Waals surface area contributed by atoms with Gasteiger partial charge < -0.3 is 24.3 Å². The largest absolute Gasteiger partial charge is 0.497 e. The number of halogens is 1. The number of ether oxygens (including phenoxy) is 1. The summed E-state index contributed by atoms with van der Waals surface area (Å²) in [7, 11) is 1.59. The molecule has 0 aliphatic carbocycles. The van der Waals surface area contributed by atoms with Gasteiger partial charge >= 0.3 is 0 Å². The van der Waals surface area contributed by atoms with Crippen LogP contribution in [0, 0.1) is 0 Å². The zero-order valence-corrected chi connectivity index (χ0v) is 22.7. The third-order valence-corrected chi connectivity index (χ3v) is 7.26. The van der Waals surface area contributed by atoms with E-state index in [1.54, 1.807) is 31.4 Å². The van der Waals surface area contributed by atoms with Crippen molar-refractivity contribution >= 4 is 46.6 Å². The maximum atomic E-state index is 12.9. The van der Waals surface area contributed by atoms with Gasteiger partial charge in [0.15, 0.2) is 0 Å². The van der Waals surface area contributed by atoms with E-state index in [2.05, 4.69) is 20.4 Å². The van der Waals surface area contributed by atoms with Crippen LogP contribution < -0.4 is 15.0 Å². The van der Waals surface area contributed by atoms with Gasteiger partial charge in [-0.05, 0) is 60.7 Å². The number of hydrogen-bond donors (Lipinski definition) is 1. The van der Waals surface area contributed by atoms with Crippen LogP contribution >= 0.6 is 23.4 Å². The van der Waals surface area contributed by atoms with Gasteiger partial charge in [0.05, 0.1) is 12.9 Å². The van der Waals surface area contributed by atoms with E-state index >= 15 is 0 Å². The molecule has 0 spiro atoms. The lowest BCUT2D eigenvalue weighted by Gasteiger charge is -2.36. The van der Waals surface area contributed by atoms with Gasteiger partial charge in [-0.25, -0.2) is 0 Å². The van der Waals surface area contributed by atoms with Crippen molar-refractivity contribution in [3.63, 3.8) is 0 Å². The summed E-state index contributed by atoms with van der Waals surface area (Å²) >= 11 is 7.18. The van der Waals surface area contributed by atoms with E-state index < -0.39 is 0 Å². The average Bonchev–Trinajstić information content (AvgIpc) is 3.46. The molecule has 1 aromatic heterocycles. The first kappa shape index (κ1) is 26.6. The smallest absolute Gasteiger partial charge is 0.277 e. The van der Waals surface area contributed by atoms with E-state index in [9.17, 15) is 9.59 Å². The molecule has 11 heteroatoms. The molecular formula is C28H26ClN5O4S. The molecule has 1 N–H and O–H groups in total. The van der Waals surface area contributed by atoms with E-state index in [4.69, 9.17) is 20.8 Å². The summed E-state index contributed by atoms with van der Waals surface area (Å²) in [5, 5.41) is 11.8. The maximum absolute atomic E-state index is 12.9. The molecule has 1 aliphatic heterocycles. The Bertz CT molecular complexity index is 1450. The van der Waals surface area contributed by atoms with Crippen LogP contribution in [0.2, 0.25) is 5.02 Å². The fraction of sp³-hybridized carbons (Fsp3) is 0.214. The highest BCUT2D eigenvalue weighted by Gasteiger charge is 2.22. The van der Waals surface area contributed by atoms with Crippen molar-refractivity contribution in [1.82, 2.24) is 15.1 Å². The van der Waals surface area contributed by atoms with E-state index in [0.29, 0.717) is 46.2 Å². The fourth-order valence-corrected chi connectivity index (χ4v) is 4.95. The van der Waals surface area contributed by atoms with Crippen molar-refractivity contribution in [1.29, 1.82) is 0 Å². The topological polar surface area (TPSA) is 101 Å². The molecule has 200 valence electrons. The first-order valence-corrected chi connectivity index (χ1v) is 13.7. The molecular weight excluding hydrogens is 538 g/mol. The minimum absolute atomic E-state index is 0.00527. The Hall–Kier alpha value is -4.02. The number of nitrogens with zero attached hydrogens (tertiary/aromatic N) is 4. The summed E-state index contributed by atoms with van der Waals surface area (Å²) < 4.78 is 10.9. The van der Waals surface area contributed by atoms with Crippen LogP contribution in [0.3, 0.4) is 0 Å². The van der Waals surface area contributed by atoms with Crippen LogP contribution in [0.5, 0.6) is 5.75 Å². The summed E-state index contributed by atoms with van der Waals surface area (Å²) in [6, 6.07) is 22.0. The van der Waals surface area contributed by atoms with Crippen LogP contribution in [0.15, 0.2) is 82.4 Å². The van der Waals surface area contributed by atoms with E-state index in [1.165, 1.54) is 0 Å². The van der Waals surface area contributed by atoms with Gasteiger partial charge in [-0.15, -0.1) is 10.2 Å². The van der Waals surface area contributed by atoms with Gasteiger partial charge in [0.1, 0.15) is 5.75 Å². The molecule has 0 saturated carbocycles. The number of anilines is 2. The van der Waals surface area contributed by atoms with Crippen molar-refractivity contribution in [3.8, 4) is 17.2 Å². The number of piperazine rings is 1. The third kappa shape index (κ3) is 6.71. The number of amides is 2. The number of carbonyl (C=O) groups excluding carboxylic acids is 2. The highest BCUT2D eigenvalue weighted by Crippen LogP contribution is 2.26. The average molecular weight is 564 g/mol. The minimum atomic E-state index is -0.181. The molecule has 1 fully saturated rings. The van der Waals surface area contributed by atoms with Gasteiger partial charge in [0.2, 0.25) is 11.8 Å². The second-order valence-corrected chi connectivity index (χ2v) is 10.1. The Morgan fingerprint density at radius 3 is 2.51 bits per heavy atom. The third-order valence-electron chi connectivity index (χ3n) is 6.20. The number of methoxy groups -OCH3 is 1. The number of hydrogen-bond acceptors (Lipinski definition) is 8. The number of nitrogens with one attached hydrogen (secondary N) is 1. The normalized spacial score (nSPS) is 13.3. The van der Waals surface area contributed by atoms with Crippen molar-refractivity contribution in [2.24, 2.45) is 0 Å². The SMILES string of the molecule is COc1cccc(C(=O)N2CCN(c3ccc(NC(=O)CSc4nnc(-c5cccc(Cl)c5)o4)cc3)CC2)c1.